The van der Waals surface area contributed by atoms with Crippen LogP contribution in [0, 0.1) is 6.92 Å². The summed E-state index contributed by atoms with van der Waals surface area (Å²) in [6.45, 7) is 11.3. The van der Waals surface area contributed by atoms with E-state index in [1.54, 1.807) is 7.11 Å². The van der Waals surface area contributed by atoms with Crippen molar-refractivity contribution in [3.05, 3.63) is 33.9 Å². The maximum absolute atomic E-state index is 12.0. The fraction of sp³-hybridized carbons (Fsp3) is 0.577. The summed E-state index contributed by atoms with van der Waals surface area (Å²) in [6, 6.07) is 0. The van der Waals surface area contributed by atoms with Crippen molar-refractivity contribution in [3.8, 4) is 11.5 Å². The largest absolute Gasteiger partial charge is 0.507 e. The number of fused-ring (bicyclic) bond motifs is 1. The molecular formula is C26H37NO8. The Kier molecular flexibility index (Phi) is 11.2. The van der Waals surface area contributed by atoms with E-state index in [2.05, 4.69) is 4.90 Å². The van der Waals surface area contributed by atoms with Gasteiger partial charge in [0.1, 0.15) is 36.1 Å². The summed E-state index contributed by atoms with van der Waals surface area (Å²) in [5.41, 5.74) is 3.23. The summed E-state index contributed by atoms with van der Waals surface area (Å²) in [7, 11) is 1.54. The summed E-state index contributed by atoms with van der Waals surface area (Å²) in [6.07, 6.45) is 3.18. The van der Waals surface area contributed by atoms with Gasteiger partial charge < -0.3 is 28.8 Å². The van der Waals surface area contributed by atoms with Crippen molar-refractivity contribution >= 4 is 17.7 Å². The molecule has 9 nitrogen and oxygen atoms in total. The highest BCUT2D eigenvalue weighted by Gasteiger charge is 2.31. The molecule has 194 valence electrons. The predicted octanol–water partition coefficient (Wildman–Crippen LogP) is 3.12. The number of carbonyl (C=O) groups excluding carboxylic acids is 3. The number of Topliss-reactive ketones (excluding diaryl/α,β-unsaturated/α-hetero) is 1. The second-order valence-corrected chi connectivity index (χ2v) is 8.75. The van der Waals surface area contributed by atoms with E-state index < -0.39 is 5.97 Å². The predicted molar refractivity (Wildman–Crippen MR) is 130 cm³/mol. The van der Waals surface area contributed by atoms with Gasteiger partial charge in [-0.3, -0.25) is 9.69 Å². The Hall–Kier alpha value is -2.91. The van der Waals surface area contributed by atoms with Crippen molar-refractivity contribution in [1.29, 1.82) is 0 Å². The fourth-order valence-corrected chi connectivity index (χ4v) is 3.89. The van der Waals surface area contributed by atoms with Gasteiger partial charge in [-0.25, -0.2) is 4.79 Å². The maximum Gasteiger partial charge on any atom is 0.342 e. The molecule has 0 aromatic heterocycles. The zero-order chi connectivity index (χ0) is 26.0. The van der Waals surface area contributed by atoms with Gasteiger partial charge in [0.05, 0.1) is 20.3 Å². The number of ether oxygens (including phenoxy) is 4. The molecule has 0 spiro atoms. The van der Waals surface area contributed by atoms with E-state index in [0.29, 0.717) is 42.7 Å². The van der Waals surface area contributed by atoms with Crippen LogP contribution >= 0.6 is 0 Å². The number of esters is 2. The molecule has 0 radical (unpaired) electrons. The third kappa shape index (κ3) is 8.36. The lowest BCUT2D eigenvalue weighted by Gasteiger charge is -2.26. The summed E-state index contributed by atoms with van der Waals surface area (Å²) in [5, 5.41) is 10.7. The van der Waals surface area contributed by atoms with Gasteiger partial charge in [0, 0.05) is 37.2 Å². The van der Waals surface area contributed by atoms with Gasteiger partial charge >= 0.3 is 11.9 Å². The molecule has 2 heterocycles. The molecule has 0 unspecified atom stereocenters. The van der Waals surface area contributed by atoms with Crippen molar-refractivity contribution in [2.75, 3.05) is 46.6 Å². The first-order valence-electron chi connectivity index (χ1n) is 11.8. The number of phenols is 1. The van der Waals surface area contributed by atoms with Gasteiger partial charge in [-0.05, 0) is 46.1 Å². The van der Waals surface area contributed by atoms with Crippen LogP contribution in [0.4, 0.5) is 0 Å². The minimum Gasteiger partial charge on any atom is -0.507 e. The molecule has 1 fully saturated rings. The number of methoxy groups -OCH3 is 1. The maximum atomic E-state index is 12.0. The van der Waals surface area contributed by atoms with Gasteiger partial charge in [0.15, 0.2) is 0 Å². The molecule has 0 saturated carbocycles. The standard InChI is InChI=1S/C23H31NO7.C3H6O/c1-15(5-7-19(25)30-13-10-24-8-11-29-12-9-24)4-6-17-21(26)20-18(14-31-23(20)27)16(2)22(17)28-3;1-3(2)4/h4,26H,5-14H2,1-3H3;1-2H3/b15-4+;. The number of cyclic esters (lactones) is 1. The van der Waals surface area contributed by atoms with E-state index in [1.807, 2.05) is 19.9 Å². The minimum atomic E-state index is -0.514. The van der Waals surface area contributed by atoms with Crippen molar-refractivity contribution in [2.24, 2.45) is 0 Å². The number of allylic oxidation sites excluding steroid dienone is 2. The van der Waals surface area contributed by atoms with Crippen LogP contribution in [0.3, 0.4) is 0 Å². The Morgan fingerprint density at radius 2 is 1.80 bits per heavy atom. The SMILES string of the molecule is CC(C)=O.COc1c(C)c2c(c(O)c1C/C=C(\C)CCC(=O)OCCN1CCOCC1)C(=O)OC2. The van der Waals surface area contributed by atoms with Crippen LogP contribution in [0.15, 0.2) is 11.6 Å². The molecule has 35 heavy (non-hydrogen) atoms. The molecule has 0 atom stereocenters. The molecule has 1 aromatic carbocycles. The smallest absolute Gasteiger partial charge is 0.342 e. The Morgan fingerprint density at radius 3 is 2.43 bits per heavy atom. The number of nitrogens with zero attached hydrogens (tertiary/aromatic N) is 1. The fourth-order valence-electron chi connectivity index (χ4n) is 3.89. The monoisotopic (exact) mass is 491 g/mol. The normalized spacial score (nSPS) is 15.6. The third-order valence-electron chi connectivity index (χ3n) is 5.80. The average molecular weight is 492 g/mol. The van der Waals surface area contributed by atoms with Crippen LogP contribution in [-0.2, 0) is 36.8 Å². The molecule has 2 aliphatic rings. The number of hydrogen-bond acceptors (Lipinski definition) is 9. The van der Waals surface area contributed by atoms with Crippen LogP contribution in [-0.4, -0.2) is 74.3 Å². The Bertz CT molecular complexity index is 943. The number of aromatic hydroxyl groups is 1. The number of hydrogen-bond donors (Lipinski definition) is 1. The second-order valence-electron chi connectivity index (χ2n) is 8.75. The summed E-state index contributed by atoms with van der Waals surface area (Å²) in [4.78, 5) is 35.7. The zero-order valence-electron chi connectivity index (χ0n) is 21.4. The van der Waals surface area contributed by atoms with E-state index in [-0.39, 0.29) is 29.7 Å². The van der Waals surface area contributed by atoms with Gasteiger partial charge in [-0.2, -0.15) is 0 Å². The zero-order valence-corrected chi connectivity index (χ0v) is 21.4. The first-order chi connectivity index (χ1) is 16.6. The summed E-state index contributed by atoms with van der Waals surface area (Å²) in [5.74, 6) is -0.106. The first-order valence-corrected chi connectivity index (χ1v) is 11.8. The molecule has 0 aliphatic carbocycles. The lowest BCUT2D eigenvalue weighted by Crippen LogP contribution is -2.38. The molecule has 0 amide bonds. The van der Waals surface area contributed by atoms with Crippen LogP contribution in [0.5, 0.6) is 11.5 Å². The van der Waals surface area contributed by atoms with E-state index >= 15 is 0 Å². The molecule has 0 bridgehead atoms. The van der Waals surface area contributed by atoms with Gasteiger partial charge in [-0.15, -0.1) is 0 Å². The van der Waals surface area contributed by atoms with Gasteiger partial charge in [-0.1, -0.05) is 11.6 Å². The molecule has 1 saturated heterocycles. The molecule has 9 heteroatoms. The number of morpholine rings is 1. The van der Waals surface area contributed by atoms with E-state index in [0.717, 1.165) is 44.0 Å². The van der Waals surface area contributed by atoms with Crippen LogP contribution in [0.1, 0.15) is 60.7 Å². The molecular weight excluding hydrogens is 454 g/mol. The van der Waals surface area contributed by atoms with Crippen molar-refractivity contribution in [1.82, 2.24) is 4.90 Å². The lowest BCUT2D eigenvalue weighted by atomic mass is 9.94. The second kappa shape index (κ2) is 13.8. The molecule has 1 N–H and O–H groups in total. The molecule has 1 aromatic rings. The number of phenolic OH excluding ortho intramolecular Hbond substituents is 1. The van der Waals surface area contributed by atoms with Crippen LogP contribution in [0.25, 0.3) is 0 Å². The summed E-state index contributed by atoms with van der Waals surface area (Å²) >= 11 is 0. The number of ketones is 1. The first kappa shape index (κ1) is 28.3. The highest BCUT2D eigenvalue weighted by Crippen LogP contribution is 2.42. The minimum absolute atomic E-state index is 0.0912. The number of benzene rings is 1. The molecule has 2 aliphatic heterocycles. The van der Waals surface area contributed by atoms with E-state index in [4.69, 9.17) is 18.9 Å². The number of carbonyl (C=O) groups is 3. The van der Waals surface area contributed by atoms with Crippen molar-refractivity contribution < 1.29 is 38.4 Å². The third-order valence-corrected chi connectivity index (χ3v) is 5.80. The Morgan fingerprint density at radius 1 is 1.14 bits per heavy atom. The van der Waals surface area contributed by atoms with Crippen LogP contribution < -0.4 is 4.74 Å². The Labute approximate surface area is 207 Å². The highest BCUT2D eigenvalue weighted by molar-refractivity contribution is 5.98. The molecule has 3 rings (SSSR count). The van der Waals surface area contributed by atoms with Gasteiger partial charge in [0.2, 0.25) is 0 Å². The number of rotatable bonds is 9. The van der Waals surface area contributed by atoms with Crippen molar-refractivity contribution in [2.45, 2.75) is 53.6 Å². The van der Waals surface area contributed by atoms with Gasteiger partial charge in [0.25, 0.3) is 0 Å². The van der Waals surface area contributed by atoms with E-state index in [9.17, 15) is 19.5 Å². The Balaban J connectivity index is 0.00000100. The van der Waals surface area contributed by atoms with E-state index in [1.165, 1.54) is 13.8 Å². The highest BCUT2D eigenvalue weighted by atomic mass is 16.5. The average Bonchev–Trinajstić information content (AvgIpc) is 3.21. The topological polar surface area (TPSA) is 112 Å². The quantitative estimate of drug-likeness (QED) is 0.411. The lowest BCUT2D eigenvalue weighted by molar-refractivity contribution is -0.144. The van der Waals surface area contributed by atoms with Crippen LogP contribution in [0.2, 0.25) is 0 Å². The summed E-state index contributed by atoms with van der Waals surface area (Å²) < 4.78 is 21.2. The van der Waals surface area contributed by atoms with Crippen molar-refractivity contribution in [3.63, 3.8) is 0 Å².